The predicted octanol–water partition coefficient (Wildman–Crippen LogP) is 3.04. The minimum Gasteiger partial charge on any atom is -0.369 e. The molecule has 9 heteroatoms. The maximum absolute atomic E-state index is 12.5. The average Bonchev–Trinajstić information content (AvgIpc) is 3.13. The standard InChI is InChI=1S/C21H30F3N3O2S/c22-21(23,24)16-30(28,29)27-13-11-26(12-14-27)20-6-5-17-7-9-25(10-8-18(17)15-20)19-3-1-2-4-19/h5-6,15,19H,1-4,7-14,16H2. The normalized spacial score (nSPS) is 22.8. The van der Waals surface area contributed by atoms with Crippen molar-refractivity contribution in [1.29, 1.82) is 0 Å². The first-order valence-corrected chi connectivity index (χ1v) is 12.5. The molecule has 1 saturated heterocycles. The van der Waals surface area contributed by atoms with Crippen molar-refractivity contribution in [3.05, 3.63) is 29.3 Å². The van der Waals surface area contributed by atoms with Gasteiger partial charge in [0.1, 0.15) is 0 Å². The van der Waals surface area contributed by atoms with E-state index in [1.54, 1.807) is 0 Å². The Kier molecular flexibility index (Phi) is 6.33. The van der Waals surface area contributed by atoms with Crippen LogP contribution in [0.2, 0.25) is 0 Å². The molecule has 0 atom stereocenters. The molecule has 2 heterocycles. The van der Waals surface area contributed by atoms with Gasteiger partial charge in [0, 0.05) is 51.0 Å². The summed E-state index contributed by atoms with van der Waals surface area (Å²) in [4.78, 5) is 4.72. The number of rotatable bonds is 4. The third kappa shape index (κ3) is 5.11. The first-order valence-electron chi connectivity index (χ1n) is 10.9. The molecule has 1 aromatic carbocycles. The van der Waals surface area contributed by atoms with E-state index in [-0.39, 0.29) is 13.1 Å². The summed E-state index contributed by atoms with van der Waals surface area (Å²) in [5.74, 6) is -1.78. The number of halogens is 3. The lowest BCUT2D eigenvalue weighted by atomic mass is 10.0. The molecule has 0 radical (unpaired) electrons. The van der Waals surface area contributed by atoms with Crippen LogP contribution in [0.25, 0.3) is 0 Å². The van der Waals surface area contributed by atoms with Gasteiger partial charge in [-0.25, -0.2) is 8.42 Å². The molecule has 0 amide bonds. The van der Waals surface area contributed by atoms with Crippen LogP contribution >= 0.6 is 0 Å². The van der Waals surface area contributed by atoms with E-state index in [1.165, 1.54) is 36.8 Å². The van der Waals surface area contributed by atoms with Crippen molar-refractivity contribution >= 4 is 15.7 Å². The summed E-state index contributed by atoms with van der Waals surface area (Å²) in [6.45, 7) is 3.17. The molecule has 0 unspecified atom stereocenters. The van der Waals surface area contributed by atoms with Crippen molar-refractivity contribution in [2.24, 2.45) is 0 Å². The minimum absolute atomic E-state index is 0.0882. The second kappa shape index (κ2) is 8.67. The van der Waals surface area contributed by atoms with E-state index in [4.69, 9.17) is 0 Å². The zero-order chi connectivity index (χ0) is 21.4. The Hall–Kier alpha value is -1.32. The molecule has 1 aromatic rings. The fourth-order valence-electron chi connectivity index (χ4n) is 5.08. The van der Waals surface area contributed by atoms with Crippen molar-refractivity contribution in [1.82, 2.24) is 9.21 Å². The molecule has 0 aromatic heterocycles. The number of hydrogen-bond acceptors (Lipinski definition) is 4. The summed E-state index contributed by atoms with van der Waals surface area (Å²) < 4.78 is 62.6. The van der Waals surface area contributed by atoms with Gasteiger partial charge < -0.3 is 4.90 Å². The Morgan fingerprint density at radius 1 is 0.900 bits per heavy atom. The third-order valence-electron chi connectivity index (χ3n) is 6.71. The second-order valence-electron chi connectivity index (χ2n) is 8.68. The first-order chi connectivity index (χ1) is 14.2. The molecule has 30 heavy (non-hydrogen) atoms. The van der Waals surface area contributed by atoms with Crippen LogP contribution in [0, 0.1) is 0 Å². The van der Waals surface area contributed by atoms with Crippen LogP contribution in [-0.2, 0) is 22.9 Å². The number of benzene rings is 1. The van der Waals surface area contributed by atoms with Gasteiger partial charge in [-0.2, -0.15) is 17.5 Å². The van der Waals surface area contributed by atoms with Crippen molar-refractivity contribution in [2.45, 2.75) is 50.7 Å². The molecule has 168 valence electrons. The van der Waals surface area contributed by atoms with Gasteiger partial charge in [0.05, 0.1) is 0 Å². The first kappa shape index (κ1) is 21.9. The Labute approximate surface area is 176 Å². The summed E-state index contributed by atoms with van der Waals surface area (Å²) >= 11 is 0. The molecular weight excluding hydrogens is 415 g/mol. The largest absolute Gasteiger partial charge is 0.404 e. The second-order valence-corrected chi connectivity index (χ2v) is 10.7. The van der Waals surface area contributed by atoms with Crippen molar-refractivity contribution < 1.29 is 21.6 Å². The Morgan fingerprint density at radius 2 is 1.53 bits per heavy atom. The topological polar surface area (TPSA) is 43.9 Å². The zero-order valence-electron chi connectivity index (χ0n) is 17.2. The average molecular weight is 446 g/mol. The SMILES string of the molecule is O=S(=O)(CC(F)(F)F)N1CCN(c2ccc3c(c2)CCN(C2CCCC2)CC3)CC1. The Morgan fingerprint density at radius 3 is 2.17 bits per heavy atom. The summed E-state index contributed by atoms with van der Waals surface area (Å²) in [5, 5.41) is 0. The molecule has 1 aliphatic carbocycles. The third-order valence-corrected chi connectivity index (χ3v) is 8.55. The lowest BCUT2D eigenvalue weighted by Gasteiger charge is -2.35. The molecular formula is C21H30F3N3O2S. The van der Waals surface area contributed by atoms with Gasteiger partial charge in [-0.3, -0.25) is 4.90 Å². The fourth-order valence-corrected chi connectivity index (χ4v) is 6.40. The van der Waals surface area contributed by atoms with Gasteiger partial charge >= 0.3 is 6.18 Å². The van der Waals surface area contributed by atoms with Crippen LogP contribution in [0.15, 0.2) is 18.2 Å². The van der Waals surface area contributed by atoms with Gasteiger partial charge in [0.25, 0.3) is 0 Å². The van der Waals surface area contributed by atoms with E-state index in [2.05, 4.69) is 28.0 Å². The number of anilines is 1. The number of piperazine rings is 1. The van der Waals surface area contributed by atoms with E-state index in [0.29, 0.717) is 13.1 Å². The highest BCUT2D eigenvalue weighted by Gasteiger charge is 2.39. The predicted molar refractivity (Wildman–Crippen MR) is 111 cm³/mol. The van der Waals surface area contributed by atoms with Crippen LogP contribution in [0.3, 0.4) is 0 Å². The Balaban J connectivity index is 1.38. The van der Waals surface area contributed by atoms with Gasteiger partial charge in [0.2, 0.25) is 10.0 Å². The van der Waals surface area contributed by atoms with Crippen molar-refractivity contribution in [3.8, 4) is 0 Å². The van der Waals surface area contributed by atoms with E-state index in [0.717, 1.165) is 42.0 Å². The molecule has 2 fully saturated rings. The molecule has 2 aliphatic heterocycles. The molecule has 0 N–H and O–H groups in total. The van der Waals surface area contributed by atoms with E-state index in [1.807, 2.05) is 0 Å². The van der Waals surface area contributed by atoms with Gasteiger partial charge in [-0.15, -0.1) is 0 Å². The lowest BCUT2D eigenvalue weighted by Crippen LogP contribution is -2.50. The van der Waals surface area contributed by atoms with E-state index < -0.39 is 22.0 Å². The van der Waals surface area contributed by atoms with Gasteiger partial charge in [-0.05, 0) is 48.9 Å². The van der Waals surface area contributed by atoms with Crippen molar-refractivity contribution in [2.75, 3.05) is 49.9 Å². The quantitative estimate of drug-likeness (QED) is 0.715. The summed E-state index contributed by atoms with van der Waals surface area (Å²) in [7, 11) is -4.30. The number of fused-ring (bicyclic) bond motifs is 1. The number of alkyl halides is 3. The molecule has 1 saturated carbocycles. The molecule has 4 rings (SSSR count). The maximum atomic E-state index is 12.5. The van der Waals surface area contributed by atoms with Crippen LogP contribution in [0.4, 0.5) is 18.9 Å². The summed E-state index contributed by atoms with van der Waals surface area (Å²) in [6.07, 6.45) is 2.65. The number of hydrogen-bond donors (Lipinski definition) is 0. The highest BCUT2D eigenvalue weighted by molar-refractivity contribution is 7.89. The van der Waals surface area contributed by atoms with E-state index >= 15 is 0 Å². The van der Waals surface area contributed by atoms with Gasteiger partial charge in [-0.1, -0.05) is 18.9 Å². The molecule has 0 bridgehead atoms. The van der Waals surface area contributed by atoms with Crippen LogP contribution in [0.5, 0.6) is 0 Å². The molecule has 0 spiro atoms. The number of nitrogens with zero attached hydrogens (tertiary/aromatic N) is 3. The van der Waals surface area contributed by atoms with Gasteiger partial charge in [0.15, 0.2) is 5.75 Å². The minimum atomic E-state index is -4.71. The lowest BCUT2D eigenvalue weighted by molar-refractivity contribution is -0.107. The van der Waals surface area contributed by atoms with Crippen LogP contribution in [-0.4, -0.2) is 74.9 Å². The van der Waals surface area contributed by atoms with Crippen LogP contribution < -0.4 is 4.90 Å². The van der Waals surface area contributed by atoms with Crippen LogP contribution in [0.1, 0.15) is 36.8 Å². The fraction of sp³-hybridized carbons (Fsp3) is 0.714. The number of sulfonamides is 1. The monoisotopic (exact) mass is 445 g/mol. The van der Waals surface area contributed by atoms with E-state index in [9.17, 15) is 21.6 Å². The molecule has 5 nitrogen and oxygen atoms in total. The summed E-state index contributed by atoms with van der Waals surface area (Å²) in [5.41, 5.74) is 3.77. The zero-order valence-corrected chi connectivity index (χ0v) is 18.0. The van der Waals surface area contributed by atoms with Crippen molar-refractivity contribution in [3.63, 3.8) is 0 Å². The highest BCUT2D eigenvalue weighted by Crippen LogP contribution is 2.29. The highest BCUT2D eigenvalue weighted by atomic mass is 32.2. The summed E-state index contributed by atoms with van der Waals surface area (Å²) in [6, 6.07) is 7.18. The Bertz CT molecular complexity index is 846. The smallest absolute Gasteiger partial charge is 0.369 e. The molecule has 3 aliphatic rings. The maximum Gasteiger partial charge on any atom is 0.404 e.